The molecule has 1 aliphatic rings. The quantitative estimate of drug-likeness (QED) is 0.564. The average molecular weight is 380 g/mol. The van der Waals surface area contributed by atoms with E-state index >= 15 is 0 Å². The topological polar surface area (TPSA) is 70.6 Å². The van der Waals surface area contributed by atoms with Crippen LogP contribution in [-0.2, 0) is 9.84 Å². The van der Waals surface area contributed by atoms with Crippen molar-refractivity contribution in [2.75, 3.05) is 25.6 Å². The Morgan fingerprint density at radius 2 is 1.85 bits per heavy atom. The molecule has 0 aliphatic heterocycles. The van der Waals surface area contributed by atoms with Gasteiger partial charge in [-0.25, -0.2) is 8.42 Å². The van der Waals surface area contributed by atoms with Gasteiger partial charge in [0, 0.05) is 25.9 Å². The Kier molecular flexibility index (Phi) is 7.94. The van der Waals surface area contributed by atoms with Crippen LogP contribution in [0.2, 0.25) is 0 Å². The third-order valence-corrected chi connectivity index (χ3v) is 6.18. The molecule has 1 aromatic carbocycles. The Labute approximate surface area is 158 Å². The molecule has 0 heterocycles. The zero-order valence-corrected chi connectivity index (χ0v) is 17.1. The first-order chi connectivity index (χ1) is 12.4. The summed E-state index contributed by atoms with van der Waals surface area (Å²) in [5, 5.41) is 6.70. The minimum atomic E-state index is -2.92. The molecule has 0 spiro atoms. The van der Waals surface area contributed by atoms with Crippen LogP contribution in [0.1, 0.15) is 50.5 Å². The number of hydrogen-bond donors (Lipinski definition) is 2. The molecule has 5 nitrogen and oxygen atoms in total. The zero-order valence-electron chi connectivity index (χ0n) is 16.2. The fourth-order valence-electron chi connectivity index (χ4n) is 3.56. The molecule has 0 aromatic heterocycles. The normalized spacial score (nSPS) is 22.7. The number of hydrogen-bond acceptors (Lipinski definition) is 3. The van der Waals surface area contributed by atoms with Crippen molar-refractivity contribution in [2.24, 2.45) is 10.9 Å². The lowest BCUT2D eigenvalue weighted by atomic mass is 9.79. The fourth-order valence-corrected chi connectivity index (χ4v) is 4.34. The third-order valence-electron chi connectivity index (χ3n) is 5.20. The van der Waals surface area contributed by atoms with E-state index in [1.165, 1.54) is 37.5 Å². The molecule has 2 rings (SSSR count). The molecule has 26 heavy (non-hydrogen) atoms. The highest BCUT2D eigenvalue weighted by Gasteiger charge is 2.22. The van der Waals surface area contributed by atoms with Crippen LogP contribution >= 0.6 is 0 Å². The van der Waals surface area contributed by atoms with Crippen molar-refractivity contribution in [1.82, 2.24) is 10.6 Å². The van der Waals surface area contributed by atoms with Gasteiger partial charge in [-0.1, -0.05) is 30.3 Å². The highest BCUT2D eigenvalue weighted by atomic mass is 32.2. The molecule has 6 heteroatoms. The van der Waals surface area contributed by atoms with Gasteiger partial charge >= 0.3 is 0 Å². The summed E-state index contributed by atoms with van der Waals surface area (Å²) in [5.41, 5.74) is 1.47. The van der Waals surface area contributed by atoms with Crippen molar-refractivity contribution in [3.63, 3.8) is 0 Å². The number of sulfone groups is 1. The molecule has 2 N–H and O–H groups in total. The van der Waals surface area contributed by atoms with Crippen molar-refractivity contribution in [1.29, 1.82) is 0 Å². The third kappa shape index (κ3) is 7.36. The van der Waals surface area contributed by atoms with Crippen molar-refractivity contribution in [2.45, 2.75) is 51.0 Å². The van der Waals surface area contributed by atoms with Crippen molar-refractivity contribution >= 4 is 15.8 Å². The summed E-state index contributed by atoms with van der Waals surface area (Å²) in [5.74, 6) is 2.32. The first-order valence-corrected chi connectivity index (χ1v) is 11.6. The molecular weight excluding hydrogens is 346 g/mol. The summed E-state index contributed by atoms with van der Waals surface area (Å²) < 4.78 is 22.6. The van der Waals surface area contributed by atoms with Gasteiger partial charge in [0.2, 0.25) is 0 Å². The van der Waals surface area contributed by atoms with E-state index in [4.69, 9.17) is 0 Å². The summed E-state index contributed by atoms with van der Waals surface area (Å²) in [6.07, 6.45) is 6.81. The maximum Gasteiger partial charge on any atom is 0.191 e. The van der Waals surface area contributed by atoms with Crippen LogP contribution in [0, 0.1) is 5.92 Å². The summed E-state index contributed by atoms with van der Waals surface area (Å²) in [4.78, 5) is 4.26. The first kappa shape index (κ1) is 20.7. The number of benzene rings is 1. The second-order valence-corrected chi connectivity index (χ2v) is 9.81. The van der Waals surface area contributed by atoms with E-state index in [-0.39, 0.29) is 11.8 Å². The van der Waals surface area contributed by atoms with E-state index in [0.717, 1.165) is 12.5 Å². The smallest absolute Gasteiger partial charge is 0.191 e. The molecule has 1 unspecified atom stereocenters. The molecule has 0 saturated heterocycles. The highest BCUT2D eigenvalue weighted by molar-refractivity contribution is 7.90. The number of rotatable bonds is 7. The van der Waals surface area contributed by atoms with Crippen LogP contribution < -0.4 is 10.6 Å². The molecule has 0 bridgehead atoms. The first-order valence-electron chi connectivity index (χ1n) is 9.57. The summed E-state index contributed by atoms with van der Waals surface area (Å²) in [6.45, 7) is 2.91. The number of guanidine groups is 1. The summed E-state index contributed by atoms with van der Waals surface area (Å²) in [7, 11) is -1.16. The maximum atomic E-state index is 11.3. The van der Waals surface area contributed by atoms with Gasteiger partial charge in [-0.05, 0) is 56.4 Å². The van der Waals surface area contributed by atoms with Crippen LogP contribution in [-0.4, -0.2) is 46.0 Å². The Bertz CT molecular complexity index is 666. The lowest BCUT2D eigenvalue weighted by Gasteiger charge is -2.29. The number of aliphatic imine (C=N–C) groups is 1. The van der Waals surface area contributed by atoms with Crippen molar-refractivity contribution in [3.05, 3.63) is 35.9 Å². The predicted octanol–water partition coefficient (Wildman–Crippen LogP) is 2.95. The minimum absolute atomic E-state index is 0.0738. The molecule has 1 aliphatic carbocycles. The zero-order chi connectivity index (χ0) is 19.0. The second kappa shape index (κ2) is 9.95. The van der Waals surface area contributed by atoms with Crippen LogP contribution in [0.3, 0.4) is 0 Å². The van der Waals surface area contributed by atoms with E-state index in [1.54, 1.807) is 7.05 Å². The van der Waals surface area contributed by atoms with E-state index in [0.29, 0.717) is 18.3 Å². The molecule has 1 saturated carbocycles. The summed E-state index contributed by atoms with van der Waals surface area (Å²) >= 11 is 0. The lowest BCUT2D eigenvalue weighted by molar-refractivity contribution is 0.324. The van der Waals surface area contributed by atoms with Gasteiger partial charge in [-0.2, -0.15) is 0 Å². The van der Waals surface area contributed by atoms with Crippen LogP contribution in [0.15, 0.2) is 35.3 Å². The Hall–Kier alpha value is -1.56. The molecule has 1 atom stereocenters. The SMILES string of the molecule is CN=C(NCC1CCC(c2ccccc2)CC1)NC(C)CCS(C)(=O)=O. The highest BCUT2D eigenvalue weighted by Crippen LogP contribution is 2.35. The van der Waals surface area contributed by atoms with E-state index < -0.39 is 9.84 Å². The molecule has 146 valence electrons. The van der Waals surface area contributed by atoms with Gasteiger partial charge in [-0.15, -0.1) is 0 Å². The van der Waals surface area contributed by atoms with Gasteiger partial charge in [-0.3, -0.25) is 4.99 Å². The Morgan fingerprint density at radius 3 is 2.42 bits per heavy atom. The standard InChI is InChI=1S/C20H33N3O2S/c1-16(13-14-26(3,24)25)23-20(21-2)22-15-17-9-11-19(12-10-17)18-7-5-4-6-8-18/h4-8,16-17,19H,9-15H2,1-3H3,(H2,21,22,23). The van der Waals surface area contributed by atoms with Gasteiger partial charge in [0.05, 0.1) is 5.75 Å². The number of nitrogens with zero attached hydrogens (tertiary/aromatic N) is 1. The fraction of sp³-hybridized carbons (Fsp3) is 0.650. The van der Waals surface area contributed by atoms with Gasteiger partial charge in [0.1, 0.15) is 9.84 Å². The second-order valence-electron chi connectivity index (χ2n) is 7.55. The van der Waals surface area contributed by atoms with E-state index in [2.05, 4.69) is 46.0 Å². The molecule has 0 radical (unpaired) electrons. The lowest BCUT2D eigenvalue weighted by Crippen LogP contribution is -2.44. The molecule has 1 fully saturated rings. The minimum Gasteiger partial charge on any atom is -0.356 e. The summed E-state index contributed by atoms with van der Waals surface area (Å²) in [6, 6.07) is 10.9. The van der Waals surface area contributed by atoms with E-state index in [1.807, 2.05) is 6.92 Å². The van der Waals surface area contributed by atoms with Gasteiger partial charge in [0.25, 0.3) is 0 Å². The van der Waals surface area contributed by atoms with Crippen molar-refractivity contribution < 1.29 is 8.42 Å². The largest absolute Gasteiger partial charge is 0.356 e. The average Bonchev–Trinajstić information content (AvgIpc) is 2.64. The van der Waals surface area contributed by atoms with E-state index in [9.17, 15) is 8.42 Å². The van der Waals surface area contributed by atoms with Crippen molar-refractivity contribution in [3.8, 4) is 0 Å². The van der Waals surface area contributed by atoms with Crippen LogP contribution in [0.25, 0.3) is 0 Å². The monoisotopic (exact) mass is 379 g/mol. The van der Waals surface area contributed by atoms with Crippen LogP contribution in [0.5, 0.6) is 0 Å². The van der Waals surface area contributed by atoms with Gasteiger partial charge in [0.15, 0.2) is 5.96 Å². The van der Waals surface area contributed by atoms with Crippen LogP contribution in [0.4, 0.5) is 0 Å². The number of nitrogens with one attached hydrogen (secondary N) is 2. The molecule has 1 aromatic rings. The molecular formula is C20H33N3O2S. The Balaban J connectivity index is 1.71. The predicted molar refractivity (Wildman–Crippen MR) is 109 cm³/mol. The van der Waals surface area contributed by atoms with Gasteiger partial charge < -0.3 is 10.6 Å². The Morgan fingerprint density at radius 1 is 1.19 bits per heavy atom. The maximum absolute atomic E-state index is 11.3. The molecule has 0 amide bonds.